The van der Waals surface area contributed by atoms with Crippen molar-refractivity contribution in [3.63, 3.8) is 0 Å². The Labute approximate surface area is 157 Å². The molecule has 1 N–H and O–H groups in total. The SMILES string of the molecule is COCCn1c(C(C)NC(=O)c2ccc(C)cc2)nc2ccccc2c1=O. The van der Waals surface area contributed by atoms with Gasteiger partial charge in [0.1, 0.15) is 5.82 Å². The minimum Gasteiger partial charge on any atom is -0.383 e. The number of rotatable bonds is 6. The Balaban J connectivity index is 1.96. The number of carbonyl (C=O) groups is 1. The molecular formula is C21H23N3O3. The molecule has 3 rings (SSSR count). The monoisotopic (exact) mass is 365 g/mol. The lowest BCUT2D eigenvalue weighted by Crippen LogP contribution is -2.34. The smallest absolute Gasteiger partial charge is 0.261 e. The molecule has 27 heavy (non-hydrogen) atoms. The molecule has 0 bridgehead atoms. The Morgan fingerprint density at radius 2 is 1.89 bits per heavy atom. The van der Waals surface area contributed by atoms with Crippen LogP contribution < -0.4 is 10.9 Å². The summed E-state index contributed by atoms with van der Waals surface area (Å²) in [5.74, 6) is 0.305. The Bertz CT molecular complexity index is 1010. The van der Waals surface area contributed by atoms with Crippen molar-refractivity contribution in [3.8, 4) is 0 Å². The highest BCUT2D eigenvalue weighted by molar-refractivity contribution is 5.94. The second-order valence-electron chi connectivity index (χ2n) is 6.50. The van der Waals surface area contributed by atoms with Crippen LogP contribution in [0.3, 0.4) is 0 Å². The molecule has 3 aromatic rings. The third kappa shape index (κ3) is 4.06. The Kier molecular flexibility index (Phi) is 5.66. The van der Waals surface area contributed by atoms with Crippen LogP contribution in [0, 0.1) is 6.92 Å². The van der Waals surface area contributed by atoms with Gasteiger partial charge in [-0.05, 0) is 38.1 Å². The number of benzene rings is 2. The fourth-order valence-corrected chi connectivity index (χ4v) is 2.96. The molecule has 140 valence electrons. The second kappa shape index (κ2) is 8.14. The minimum atomic E-state index is -0.437. The van der Waals surface area contributed by atoms with Crippen LogP contribution in [-0.2, 0) is 11.3 Å². The van der Waals surface area contributed by atoms with Crippen molar-refractivity contribution in [2.45, 2.75) is 26.4 Å². The maximum atomic E-state index is 12.9. The van der Waals surface area contributed by atoms with E-state index in [9.17, 15) is 9.59 Å². The average Bonchev–Trinajstić information content (AvgIpc) is 2.67. The topological polar surface area (TPSA) is 73.2 Å². The van der Waals surface area contributed by atoms with Gasteiger partial charge in [0.2, 0.25) is 0 Å². The second-order valence-corrected chi connectivity index (χ2v) is 6.50. The number of hydrogen-bond donors (Lipinski definition) is 1. The first-order valence-corrected chi connectivity index (χ1v) is 8.87. The Hall–Kier alpha value is -2.99. The summed E-state index contributed by atoms with van der Waals surface area (Å²) in [5.41, 5.74) is 2.13. The van der Waals surface area contributed by atoms with Crippen LogP contribution in [0.15, 0.2) is 53.3 Å². The van der Waals surface area contributed by atoms with E-state index in [2.05, 4.69) is 10.3 Å². The van der Waals surface area contributed by atoms with Crippen molar-refractivity contribution >= 4 is 16.8 Å². The molecule has 6 heteroatoms. The first kappa shape index (κ1) is 18.8. The van der Waals surface area contributed by atoms with Crippen LogP contribution in [0.5, 0.6) is 0 Å². The lowest BCUT2D eigenvalue weighted by atomic mass is 10.1. The van der Waals surface area contributed by atoms with E-state index in [4.69, 9.17) is 4.74 Å². The zero-order valence-electron chi connectivity index (χ0n) is 15.7. The Morgan fingerprint density at radius 3 is 2.59 bits per heavy atom. The van der Waals surface area contributed by atoms with Gasteiger partial charge in [-0.2, -0.15) is 0 Å². The normalized spacial score (nSPS) is 12.1. The number of nitrogens with one attached hydrogen (secondary N) is 1. The van der Waals surface area contributed by atoms with Crippen molar-refractivity contribution in [1.82, 2.24) is 14.9 Å². The zero-order valence-corrected chi connectivity index (χ0v) is 15.7. The number of nitrogens with zero attached hydrogens (tertiary/aromatic N) is 2. The number of aromatic nitrogens is 2. The lowest BCUT2D eigenvalue weighted by Gasteiger charge is -2.19. The van der Waals surface area contributed by atoms with Gasteiger partial charge < -0.3 is 10.1 Å². The maximum absolute atomic E-state index is 12.9. The summed E-state index contributed by atoms with van der Waals surface area (Å²) in [6.45, 7) is 4.54. The fraction of sp³-hybridized carbons (Fsp3) is 0.286. The summed E-state index contributed by atoms with van der Waals surface area (Å²) in [4.78, 5) is 30.1. The molecule has 0 aliphatic carbocycles. The maximum Gasteiger partial charge on any atom is 0.261 e. The number of fused-ring (bicyclic) bond motifs is 1. The number of ether oxygens (including phenoxy) is 1. The van der Waals surface area contributed by atoms with E-state index in [0.717, 1.165) is 5.56 Å². The van der Waals surface area contributed by atoms with Gasteiger partial charge >= 0.3 is 0 Å². The molecule has 0 saturated carbocycles. The van der Waals surface area contributed by atoms with Gasteiger partial charge in [0, 0.05) is 12.7 Å². The van der Waals surface area contributed by atoms with E-state index >= 15 is 0 Å². The molecule has 2 aromatic carbocycles. The highest BCUT2D eigenvalue weighted by Gasteiger charge is 2.19. The minimum absolute atomic E-state index is 0.135. The summed E-state index contributed by atoms with van der Waals surface area (Å²) in [6.07, 6.45) is 0. The first-order chi connectivity index (χ1) is 13.0. The molecule has 0 aliphatic rings. The van der Waals surface area contributed by atoms with Gasteiger partial charge in [-0.1, -0.05) is 29.8 Å². The van der Waals surface area contributed by atoms with E-state index < -0.39 is 6.04 Å². The third-order valence-electron chi connectivity index (χ3n) is 4.46. The van der Waals surface area contributed by atoms with Gasteiger partial charge in [-0.25, -0.2) is 4.98 Å². The molecule has 0 saturated heterocycles. The fourth-order valence-electron chi connectivity index (χ4n) is 2.96. The van der Waals surface area contributed by atoms with Crippen LogP contribution in [0.1, 0.15) is 34.7 Å². The highest BCUT2D eigenvalue weighted by atomic mass is 16.5. The predicted octanol–water partition coefficient (Wildman–Crippen LogP) is 2.84. The summed E-state index contributed by atoms with van der Waals surface area (Å²) < 4.78 is 6.71. The first-order valence-electron chi connectivity index (χ1n) is 8.87. The van der Waals surface area contributed by atoms with E-state index in [1.165, 1.54) is 0 Å². The lowest BCUT2D eigenvalue weighted by molar-refractivity contribution is 0.0937. The van der Waals surface area contributed by atoms with Gasteiger partial charge in [0.25, 0.3) is 11.5 Å². The van der Waals surface area contributed by atoms with E-state index in [1.807, 2.05) is 38.1 Å². The van der Waals surface area contributed by atoms with Gasteiger partial charge in [0.05, 0.1) is 30.1 Å². The zero-order chi connectivity index (χ0) is 19.4. The summed E-state index contributed by atoms with van der Waals surface area (Å²) in [6, 6.07) is 14.1. The van der Waals surface area contributed by atoms with Gasteiger partial charge in [0.15, 0.2) is 0 Å². The molecule has 6 nitrogen and oxygen atoms in total. The number of para-hydroxylation sites is 1. The largest absolute Gasteiger partial charge is 0.383 e. The quantitative estimate of drug-likeness (QED) is 0.729. The Morgan fingerprint density at radius 1 is 1.19 bits per heavy atom. The summed E-state index contributed by atoms with van der Waals surface area (Å²) in [5, 5.41) is 3.49. The molecule has 1 aromatic heterocycles. The molecule has 1 amide bonds. The number of methoxy groups -OCH3 is 1. The summed E-state index contributed by atoms with van der Waals surface area (Å²) >= 11 is 0. The molecule has 0 radical (unpaired) electrons. The molecule has 1 atom stereocenters. The standard InChI is InChI=1S/C21H23N3O3/c1-14-8-10-16(11-9-14)20(25)22-15(2)19-23-18-7-5-4-6-17(18)21(26)24(19)12-13-27-3/h4-11,15H,12-13H2,1-3H3,(H,22,25). The number of hydrogen-bond acceptors (Lipinski definition) is 4. The van der Waals surface area contributed by atoms with Gasteiger partial charge in [-0.15, -0.1) is 0 Å². The van der Waals surface area contributed by atoms with E-state index in [1.54, 1.807) is 35.9 Å². The predicted molar refractivity (Wildman–Crippen MR) is 105 cm³/mol. The van der Waals surface area contributed by atoms with Crippen LogP contribution in [0.25, 0.3) is 10.9 Å². The molecule has 1 unspecified atom stereocenters. The van der Waals surface area contributed by atoms with Crippen LogP contribution in [0.4, 0.5) is 0 Å². The molecule has 1 heterocycles. The van der Waals surface area contributed by atoms with Crippen molar-refractivity contribution in [2.24, 2.45) is 0 Å². The summed E-state index contributed by atoms with van der Waals surface area (Å²) in [7, 11) is 1.59. The number of aryl methyl sites for hydroxylation is 1. The van der Waals surface area contributed by atoms with Crippen molar-refractivity contribution < 1.29 is 9.53 Å². The van der Waals surface area contributed by atoms with E-state index in [0.29, 0.717) is 35.4 Å². The van der Waals surface area contributed by atoms with Crippen LogP contribution in [0.2, 0.25) is 0 Å². The molecular weight excluding hydrogens is 342 g/mol. The molecule has 0 spiro atoms. The van der Waals surface area contributed by atoms with Crippen molar-refractivity contribution in [2.75, 3.05) is 13.7 Å². The highest BCUT2D eigenvalue weighted by Crippen LogP contribution is 2.15. The average molecular weight is 365 g/mol. The molecule has 0 aliphatic heterocycles. The number of carbonyl (C=O) groups excluding carboxylic acids is 1. The third-order valence-corrected chi connectivity index (χ3v) is 4.46. The van der Waals surface area contributed by atoms with Gasteiger partial charge in [-0.3, -0.25) is 14.2 Å². The van der Waals surface area contributed by atoms with Crippen molar-refractivity contribution in [3.05, 3.63) is 75.8 Å². The van der Waals surface area contributed by atoms with Crippen LogP contribution in [-0.4, -0.2) is 29.2 Å². The van der Waals surface area contributed by atoms with Crippen molar-refractivity contribution in [1.29, 1.82) is 0 Å². The number of amides is 1. The molecule has 0 fully saturated rings. The van der Waals surface area contributed by atoms with Crippen LogP contribution >= 0.6 is 0 Å². The van der Waals surface area contributed by atoms with E-state index in [-0.39, 0.29) is 11.5 Å².